The van der Waals surface area contributed by atoms with Crippen molar-refractivity contribution in [3.05, 3.63) is 108 Å². The maximum Gasteiger partial charge on any atom is 0.319 e. The molecule has 43 heavy (non-hydrogen) atoms. The zero-order valence-electron chi connectivity index (χ0n) is 25.4. The second-order valence-electron chi connectivity index (χ2n) is 12.2. The standard InChI is InChI=1S/C36H44N4O3/c1-27(2)24-31-25-40-33(26-38(35(31)42)22-19-28-12-6-3-7-13-28)39(23-20-34(40)41)36(43)37-21-18-32(29-14-8-4-9-15-29)30-16-10-5-11-17-30/h3-17,27,31-33H,18-26H2,1-2H3,(H,37,43)/t31-,33?/m1/s1. The highest BCUT2D eigenvalue weighted by atomic mass is 16.2. The van der Waals surface area contributed by atoms with Crippen molar-refractivity contribution in [2.75, 3.05) is 32.7 Å². The molecule has 0 saturated carbocycles. The van der Waals surface area contributed by atoms with E-state index in [4.69, 9.17) is 0 Å². The van der Waals surface area contributed by atoms with E-state index < -0.39 is 6.17 Å². The Labute approximate surface area is 255 Å². The van der Waals surface area contributed by atoms with E-state index in [0.717, 1.165) is 18.4 Å². The minimum Gasteiger partial charge on any atom is -0.338 e. The van der Waals surface area contributed by atoms with Crippen LogP contribution in [0.2, 0.25) is 0 Å². The summed E-state index contributed by atoms with van der Waals surface area (Å²) in [5.41, 5.74) is 3.59. The average Bonchev–Trinajstić information content (AvgIpc) is 3.16. The third-order valence-electron chi connectivity index (χ3n) is 8.71. The van der Waals surface area contributed by atoms with Crippen LogP contribution in [0.25, 0.3) is 0 Å². The van der Waals surface area contributed by atoms with Gasteiger partial charge in [0.15, 0.2) is 0 Å². The minimum absolute atomic E-state index is 0.0220. The van der Waals surface area contributed by atoms with E-state index in [1.54, 1.807) is 9.80 Å². The highest BCUT2D eigenvalue weighted by Gasteiger charge is 2.43. The molecule has 2 atom stereocenters. The highest BCUT2D eigenvalue weighted by Crippen LogP contribution is 2.29. The first-order valence-corrected chi connectivity index (χ1v) is 15.7. The van der Waals surface area contributed by atoms with Gasteiger partial charge < -0.3 is 20.0 Å². The quantitative estimate of drug-likeness (QED) is 0.343. The van der Waals surface area contributed by atoms with Crippen LogP contribution < -0.4 is 5.32 Å². The number of urea groups is 1. The second kappa shape index (κ2) is 14.4. The van der Waals surface area contributed by atoms with Crippen molar-refractivity contribution >= 4 is 17.8 Å². The van der Waals surface area contributed by atoms with Crippen LogP contribution >= 0.6 is 0 Å². The summed E-state index contributed by atoms with van der Waals surface area (Å²) < 4.78 is 0. The third-order valence-corrected chi connectivity index (χ3v) is 8.71. The number of carbonyl (C=O) groups excluding carboxylic acids is 3. The zero-order valence-corrected chi connectivity index (χ0v) is 25.4. The molecule has 0 aromatic heterocycles. The number of amides is 4. The molecule has 0 aliphatic carbocycles. The fourth-order valence-electron chi connectivity index (χ4n) is 6.54. The first-order chi connectivity index (χ1) is 20.9. The van der Waals surface area contributed by atoms with Gasteiger partial charge in [-0.3, -0.25) is 9.59 Å². The fourth-order valence-corrected chi connectivity index (χ4v) is 6.54. The van der Waals surface area contributed by atoms with Crippen molar-refractivity contribution in [2.45, 2.75) is 51.6 Å². The zero-order chi connectivity index (χ0) is 30.2. The van der Waals surface area contributed by atoms with Crippen LogP contribution in [-0.2, 0) is 16.0 Å². The molecule has 1 unspecified atom stereocenters. The molecule has 0 bridgehead atoms. The van der Waals surface area contributed by atoms with Crippen molar-refractivity contribution in [1.29, 1.82) is 0 Å². The van der Waals surface area contributed by atoms with Gasteiger partial charge in [0.05, 0.1) is 12.5 Å². The van der Waals surface area contributed by atoms with E-state index in [1.165, 1.54) is 11.1 Å². The van der Waals surface area contributed by atoms with Crippen molar-refractivity contribution in [3.8, 4) is 0 Å². The molecule has 2 aliphatic rings. The molecule has 5 rings (SSSR count). The molecule has 3 aromatic rings. The van der Waals surface area contributed by atoms with Gasteiger partial charge in [-0.25, -0.2) is 4.79 Å². The molecule has 2 fully saturated rings. The molecule has 0 radical (unpaired) electrons. The van der Waals surface area contributed by atoms with Crippen molar-refractivity contribution in [3.63, 3.8) is 0 Å². The summed E-state index contributed by atoms with van der Waals surface area (Å²) >= 11 is 0. The third kappa shape index (κ3) is 7.64. The lowest BCUT2D eigenvalue weighted by Gasteiger charge is -2.43. The minimum atomic E-state index is -0.475. The van der Waals surface area contributed by atoms with Crippen LogP contribution in [0.4, 0.5) is 4.79 Å². The van der Waals surface area contributed by atoms with Crippen LogP contribution in [0.1, 0.15) is 55.7 Å². The summed E-state index contributed by atoms with van der Waals surface area (Å²) in [5.74, 6) is 0.311. The SMILES string of the molecule is CC(C)C[C@@H]1CN2C(=O)CCN(C(=O)NCCC(c3ccccc3)c3ccccc3)C2CN(CCc2ccccc2)C1=O. The maximum absolute atomic E-state index is 13.8. The topological polar surface area (TPSA) is 73.0 Å². The summed E-state index contributed by atoms with van der Waals surface area (Å²) in [6.45, 7) is 6.31. The van der Waals surface area contributed by atoms with Gasteiger partial charge in [0, 0.05) is 38.5 Å². The van der Waals surface area contributed by atoms with Crippen molar-refractivity contribution < 1.29 is 14.4 Å². The number of nitrogens with one attached hydrogen (secondary N) is 1. The van der Waals surface area contributed by atoms with Gasteiger partial charge in [-0.05, 0) is 41.9 Å². The molecule has 1 N–H and O–H groups in total. The molecular weight excluding hydrogens is 536 g/mol. The Balaban J connectivity index is 1.31. The van der Waals surface area contributed by atoms with Gasteiger partial charge in [-0.15, -0.1) is 0 Å². The maximum atomic E-state index is 13.8. The van der Waals surface area contributed by atoms with Crippen LogP contribution in [0.3, 0.4) is 0 Å². The smallest absolute Gasteiger partial charge is 0.319 e. The first kappa shape index (κ1) is 30.3. The van der Waals surface area contributed by atoms with Crippen LogP contribution in [0, 0.1) is 11.8 Å². The van der Waals surface area contributed by atoms with E-state index in [-0.39, 0.29) is 36.1 Å². The number of hydrogen-bond acceptors (Lipinski definition) is 3. The summed E-state index contributed by atoms with van der Waals surface area (Å²) in [7, 11) is 0. The van der Waals surface area contributed by atoms with Gasteiger partial charge >= 0.3 is 6.03 Å². The number of carbonyl (C=O) groups is 3. The van der Waals surface area contributed by atoms with E-state index in [1.807, 2.05) is 59.5 Å². The van der Waals surface area contributed by atoms with Crippen LogP contribution in [-0.4, -0.2) is 71.4 Å². The molecule has 7 heteroatoms. The Morgan fingerprint density at radius 2 is 1.47 bits per heavy atom. The summed E-state index contributed by atoms with van der Waals surface area (Å²) in [6.07, 6.45) is 1.99. The van der Waals surface area contributed by atoms with Gasteiger partial charge in [0.2, 0.25) is 11.8 Å². The van der Waals surface area contributed by atoms with Crippen molar-refractivity contribution in [2.24, 2.45) is 11.8 Å². The summed E-state index contributed by atoms with van der Waals surface area (Å²) in [4.78, 5) is 46.2. The molecular formula is C36H44N4O3. The summed E-state index contributed by atoms with van der Waals surface area (Å²) in [5, 5.41) is 3.16. The molecule has 2 heterocycles. The molecule has 2 aliphatic heterocycles. The fraction of sp³-hybridized carbons (Fsp3) is 0.417. The van der Waals surface area contributed by atoms with Gasteiger partial charge in [-0.1, -0.05) is 105 Å². The Hall–Kier alpha value is -4.13. The van der Waals surface area contributed by atoms with E-state index in [0.29, 0.717) is 45.1 Å². The van der Waals surface area contributed by atoms with Gasteiger partial charge in [0.25, 0.3) is 0 Å². The normalized spacial score (nSPS) is 19.0. The molecule has 4 amide bonds. The second-order valence-corrected chi connectivity index (χ2v) is 12.2. The Morgan fingerprint density at radius 1 is 0.860 bits per heavy atom. The predicted octanol–water partition coefficient (Wildman–Crippen LogP) is 5.53. The Morgan fingerprint density at radius 3 is 2.07 bits per heavy atom. The predicted molar refractivity (Wildman–Crippen MR) is 169 cm³/mol. The van der Waals surface area contributed by atoms with E-state index in [2.05, 4.69) is 55.6 Å². The lowest BCUT2D eigenvalue weighted by atomic mass is 9.88. The van der Waals surface area contributed by atoms with E-state index in [9.17, 15) is 14.4 Å². The summed E-state index contributed by atoms with van der Waals surface area (Å²) in [6, 6.07) is 30.7. The number of benzene rings is 3. The molecule has 3 aromatic carbocycles. The Kier molecular flexibility index (Phi) is 10.1. The number of hydrogen-bond donors (Lipinski definition) is 1. The lowest BCUT2D eigenvalue weighted by Crippen LogP contribution is -2.62. The van der Waals surface area contributed by atoms with Crippen LogP contribution in [0.5, 0.6) is 0 Å². The monoisotopic (exact) mass is 580 g/mol. The van der Waals surface area contributed by atoms with Crippen LogP contribution in [0.15, 0.2) is 91.0 Å². The van der Waals surface area contributed by atoms with Gasteiger partial charge in [0.1, 0.15) is 6.17 Å². The average molecular weight is 581 g/mol. The highest BCUT2D eigenvalue weighted by molar-refractivity contribution is 5.85. The first-order valence-electron chi connectivity index (χ1n) is 15.7. The molecule has 2 saturated heterocycles. The number of fused-ring (bicyclic) bond motifs is 1. The van der Waals surface area contributed by atoms with Crippen molar-refractivity contribution in [1.82, 2.24) is 20.0 Å². The molecule has 7 nitrogen and oxygen atoms in total. The van der Waals surface area contributed by atoms with Gasteiger partial charge in [-0.2, -0.15) is 0 Å². The Bertz CT molecular complexity index is 1310. The number of nitrogens with zero attached hydrogens (tertiary/aromatic N) is 3. The molecule has 226 valence electrons. The largest absolute Gasteiger partial charge is 0.338 e. The molecule has 0 spiro atoms. The van der Waals surface area contributed by atoms with E-state index >= 15 is 0 Å². The number of rotatable bonds is 10. The lowest BCUT2D eigenvalue weighted by molar-refractivity contribution is -0.142.